The Labute approximate surface area is 300 Å². The Morgan fingerprint density at radius 2 is 0.898 bits per heavy atom. The van der Waals surface area contributed by atoms with E-state index in [1.807, 2.05) is 0 Å². The third-order valence-corrected chi connectivity index (χ3v) is 34.1. The second-order valence-corrected chi connectivity index (χ2v) is 38.9. The zero-order valence-electron chi connectivity index (χ0n) is 30.8. The average Bonchev–Trinajstić information content (AvgIpc) is 3.69. The summed E-state index contributed by atoms with van der Waals surface area (Å²) in [4.78, 5) is 0. The molecule has 0 nitrogen and oxygen atoms in total. The summed E-state index contributed by atoms with van der Waals surface area (Å²) in [6.45, 7) is 16.5. The Balaban J connectivity index is 1.33. The van der Waals surface area contributed by atoms with Gasteiger partial charge in [-0.05, 0) is 0 Å². The Morgan fingerprint density at radius 1 is 0.490 bits per heavy atom. The van der Waals surface area contributed by atoms with Gasteiger partial charge >= 0.3 is 302 Å². The van der Waals surface area contributed by atoms with Crippen molar-refractivity contribution in [3.8, 4) is 22.3 Å². The average molecular weight is 821 g/mol. The molecule has 2 atom stereocenters. The van der Waals surface area contributed by atoms with Gasteiger partial charge in [0, 0.05) is 0 Å². The molecule has 1 fully saturated rings. The Morgan fingerprint density at radius 3 is 1.29 bits per heavy atom. The maximum absolute atomic E-state index is 3.19. The molecule has 2 aliphatic carbocycles. The molecule has 0 radical (unpaired) electrons. The third-order valence-electron chi connectivity index (χ3n) is 12.2. The molecule has 3 aliphatic rings. The molecule has 0 spiro atoms. The van der Waals surface area contributed by atoms with Crippen molar-refractivity contribution >= 4 is 25.4 Å². The minimum absolute atomic E-state index is 0.147. The van der Waals surface area contributed by atoms with Crippen LogP contribution in [0.15, 0.2) is 126 Å². The molecule has 8 rings (SSSR count). The number of benzene rings is 5. The van der Waals surface area contributed by atoms with E-state index in [0.29, 0.717) is 7.35 Å². The van der Waals surface area contributed by atoms with Gasteiger partial charge in [0.15, 0.2) is 0 Å². The standard InChI is InChI=1S/C45H44Si.2CH3.Hf/c1-44(2,3)35-23-19-31(20-24-35)40-17-11-13-33-27-38(29-42(33)40)46(7,37-15-9-8-10-16-37)39-28-34-14-12-18-41(43(34)30-39)32-21-25-36(26-22-32)45(4,5)6;;;/h8-30H,1-7H3;2*1H3;. The van der Waals surface area contributed by atoms with Crippen LogP contribution in [0.4, 0.5) is 0 Å². The molecule has 0 aromatic heterocycles. The van der Waals surface area contributed by atoms with Gasteiger partial charge < -0.3 is 0 Å². The fraction of sp³-hybridized carbons (Fsp3) is 0.277. The van der Waals surface area contributed by atoms with E-state index in [-0.39, 0.29) is 10.8 Å². The Kier molecular flexibility index (Phi) is 7.60. The topological polar surface area (TPSA) is 0 Å². The molecule has 1 saturated heterocycles. The fourth-order valence-electron chi connectivity index (χ4n) is 9.51. The van der Waals surface area contributed by atoms with Crippen molar-refractivity contribution in [3.05, 3.63) is 159 Å². The number of allylic oxidation sites excluding steroid dienone is 2. The maximum atomic E-state index is 2.78. The fourth-order valence-corrected chi connectivity index (χ4v) is 41.1. The number of hydrogen-bond acceptors (Lipinski definition) is 0. The molecule has 0 saturated carbocycles. The van der Waals surface area contributed by atoms with Gasteiger partial charge in [-0.1, -0.05) is 0 Å². The van der Waals surface area contributed by atoms with Crippen LogP contribution in [-0.2, 0) is 30.8 Å². The summed E-state index contributed by atoms with van der Waals surface area (Å²) in [6.07, 6.45) is 5.42. The van der Waals surface area contributed by atoms with E-state index in [9.17, 15) is 0 Å². The SMILES string of the molecule is CC(C)(C)c1ccc(-c2cccc3c2C=C2[CH]3[Hf]([CH3])([CH3])[CH]3C(=Cc4c(-c5ccc(C(C)(C)C)cc5)cccc43)[Si]2(C)c2ccccc2)cc1. The first kappa shape index (κ1) is 32.8. The first-order valence-corrected chi connectivity index (χ1v) is 32.0. The van der Waals surface area contributed by atoms with Gasteiger partial charge in [0.05, 0.1) is 0 Å². The molecule has 246 valence electrons. The van der Waals surface area contributed by atoms with Crippen LogP contribution >= 0.6 is 0 Å². The molecule has 1 aliphatic heterocycles. The van der Waals surface area contributed by atoms with Crippen molar-refractivity contribution in [3.63, 3.8) is 0 Å². The van der Waals surface area contributed by atoms with Crippen molar-refractivity contribution in [2.45, 2.75) is 75.6 Å². The third kappa shape index (κ3) is 5.07. The molecule has 1 heterocycles. The first-order chi connectivity index (χ1) is 23.2. The van der Waals surface area contributed by atoms with Crippen LogP contribution in [0.5, 0.6) is 0 Å². The van der Waals surface area contributed by atoms with Crippen LogP contribution in [0.25, 0.3) is 34.4 Å². The molecule has 49 heavy (non-hydrogen) atoms. The zero-order chi connectivity index (χ0) is 34.5. The van der Waals surface area contributed by atoms with E-state index in [1.165, 1.54) is 44.5 Å². The molecule has 2 unspecified atom stereocenters. The van der Waals surface area contributed by atoms with Gasteiger partial charge in [-0.15, -0.1) is 0 Å². The van der Waals surface area contributed by atoms with Crippen LogP contribution in [0, 0.1) is 0 Å². The van der Waals surface area contributed by atoms with Gasteiger partial charge in [0.25, 0.3) is 0 Å². The van der Waals surface area contributed by atoms with Gasteiger partial charge in [-0.3, -0.25) is 0 Å². The molecular weight excluding hydrogens is 771 g/mol. The van der Waals surface area contributed by atoms with E-state index < -0.39 is 28.0 Å². The predicted molar refractivity (Wildman–Crippen MR) is 212 cm³/mol. The van der Waals surface area contributed by atoms with E-state index in [4.69, 9.17) is 0 Å². The summed E-state index contributed by atoms with van der Waals surface area (Å²) < 4.78 is 6.72. The van der Waals surface area contributed by atoms with Gasteiger partial charge in [-0.25, -0.2) is 0 Å². The monoisotopic (exact) mass is 822 g/mol. The summed E-state index contributed by atoms with van der Waals surface area (Å²) in [5.41, 5.74) is 14.7. The number of fused-ring (bicyclic) bond motifs is 6. The Bertz CT molecular complexity index is 2020. The van der Waals surface area contributed by atoms with Crippen molar-refractivity contribution < 1.29 is 20.0 Å². The van der Waals surface area contributed by atoms with E-state index in [0.717, 1.165) is 0 Å². The normalized spacial score (nSPS) is 22.1. The summed E-state index contributed by atoms with van der Waals surface area (Å²) in [5.74, 6) is 0. The summed E-state index contributed by atoms with van der Waals surface area (Å²) in [7, 11) is -2.29. The van der Waals surface area contributed by atoms with Crippen molar-refractivity contribution in [1.29, 1.82) is 0 Å². The quantitative estimate of drug-likeness (QED) is 0.159. The van der Waals surface area contributed by atoms with Crippen LogP contribution < -0.4 is 5.19 Å². The van der Waals surface area contributed by atoms with Gasteiger partial charge in [0.2, 0.25) is 0 Å². The molecule has 5 aromatic carbocycles. The van der Waals surface area contributed by atoms with Crippen LogP contribution in [-0.4, -0.2) is 8.07 Å². The molecule has 2 heteroatoms. The molecule has 0 amide bonds. The molecular formula is C47H50HfSi. The molecule has 0 N–H and O–H groups in total. The minimum atomic E-state index is -3.19. The summed E-state index contributed by atoms with van der Waals surface area (Å²) in [5, 5.41) is 5.09. The van der Waals surface area contributed by atoms with E-state index in [2.05, 4.69) is 185 Å². The van der Waals surface area contributed by atoms with Crippen molar-refractivity contribution in [1.82, 2.24) is 0 Å². The first-order valence-electron chi connectivity index (χ1n) is 18.2. The predicted octanol–water partition coefficient (Wildman–Crippen LogP) is 12.5. The Hall–Kier alpha value is -3.33. The molecule has 0 bridgehead atoms. The number of rotatable bonds is 3. The number of hydrogen-bond donors (Lipinski definition) is 0. The van der Waals surface area contributed by atoms with Crippen molar-refractivity contribution in [2.75, 3.05) is 0 Å². The van der Waals surface area contributed by atoms with Crippen LogP contribution in [0.1, 0.15) is 82.3 Å². The van der Waals surface area contributed by atoms with Gasteiger partial charge in [0.1, 0.15) is 0 Å². The van der Waals surface area contributed by atoms with E-state index >= 15 is 0 Å². The van der Waals surface area contributed by atoms with Gasteiger partial charge in [-0.2, -0.15) is 0 Å². The summed E-state index contributed by atoms with van der Waals surface area (Å²) in [6, 6.07) is 44.9. The van der Waals surface area contributed by atoms with Crippen LogP contribution in [0.2, 0.25) is 15.9 Å². The second-order valence-electron chi connectivity index (χ2n) is 17.6. The van der Waals surface area contributed by atoms with E-state index in [1.54, 1.807) is 26.7 Å². The zero-order valence-corrected chi connectivity index (χ0v) is 35.4. The summed E-state index contributed by atoms with van der Waals surface area (Å²) >= 11 is -3.19. The second kappa shape index (κ2) is 11.3. The van der Waals surface area contributed by atoms with Crippen LogP contribution in [0.3, 0.4) is 0 Å². The van der Waals surface area contributed by atoms with Crippen molar-refractivity contribution in [2.24, 2.45) is 0 Å². The molecule has 5 aromatic rings.